The van der Waals surface area contributed by atoms with Crippen molar-refractivity contribution in [2.45, 2.75) is 19.6 Å². The third-order valence-electron chi connectivity index (χ3n) is 5.09. The first-order valence-electron chi connectivity index (χ1n) is 9.68. The maximum absolute atomic E-state index is 13.6. The minimum absolute atomic E-state index is 0.179. The molecule has 4 rings (SSSR count). The molecule has 2 aromatic carbocycles. The van der Waals surface area contributed by atoms with Crippen molar-refractivity contribution in [2.75, 3.05) is 26.8 Å². The van der Waals surface area contributed by atoms with E-state index in [9.17, 15) is 4.39 Å². The third kappa shape index (κ3) is 4.60. The van der Waals surface area contributed by atoms with Gasteiger partial charge in [-0.1, -0.05) is 24.3 Å². The first kappa shape index (κ1) is 19.5. The van der Waals surface area contributed by atoms with E-state index in [1.165, 1.54) is 17.7 Å². The highest BCUT2D eigenvalue weighted by molar-refractivity contribution is 5.58. The van der Waals surface area contributed by atoms with E-state index in [2.05, 4.69) is 40.0 Å². The van der Waals surface area contributed by atoms with E-state index in [0.717, 1.165) is 30.1 Å². The summed E-state index contributed by atoms with van der Waals surface area (Å²) in [4.78, 5) is 11.3. The van der Waals surface area contributed by atoms with Crippen LogP contribution in [0, 0.1) is 12.7 Å². The van der Waals surface area contributed by atoms with Crippen molar-refractivity contribution in [3.63, 3.8) is 0 Å². The molecule has 0 N–H and O–H groups in total. The fraction of sp³-hybridized carbons (Fsp3) is 0.304. The van der Waals surface area contributed by atoms with Gasteiger partial charge in [0.25, 0.3) is 0 Å². The molecule has 1 saturated heterocycles. The quantitative estimate of drug-likeness (QED) is 0.651. The van der Waals surface area contributed by atoms with Gasteiger partial charge in [-0.05, 0) is 30.7 Å². The van der Waals surface area contributed by atoms with Crippen molar-refractivity contribution in [3.8, 4) is 17.0 Å². The lowest BCUT2D eigenvalue weighted by molar-refractivity contribution is -0.0352. The Labute approximate surface area is 170 Å². The largest absolute Gasteiger partial charge is 0.496 e. The second-order valence-corrected chi connectivity index (χ2v) is 7.25. The van der Waals surface area contributed by atoms with Gasteiger partial charge in [0.05, 0.1) is 37.5 Å². The molecule has 29 heavy (non-hydrogen) atoms. The standard InChI is InChI=1S/C23H24FN3O2/c1-16-6-7-18(22(10-16)28-2)14-27-8-9-29-23(15-27)21-13-25-12-20(26-21)17-4-3-5-19(24)11-17/h3-7,10-13,23H,8-9,14-15H2,1-2H3/t23-/m1/s1. The molecule has 0 amide bonds. The van der Waals surface area contributed by atoms with E-state index in [1.807, 2.05) is 6.07 Å². The van der Waals surface area contributed by atoms with Gasteiger partial charge in [0, 0.05) is 30.8 Å². The monoisotopic (exact) mass is 393 g/mol. The van der Waals surface area contributed by atoms with Crippen LogP contribution in [0.5, 0.6) is 5.75 Å². The molecular formula is C23H24FN3O2. The van der Waals surface area contributed by atoms with Gasteiger partial charge < -0.3 is 9.47 Å². The topological polar surface area (TPSA) is 47.5 Å². The highest BCUT2D eigenvalue weighted by Gasteiger charge is 2.24. The molecule has 1 aliphatic rings. The zero-order valence-corrected chi connectivity index (χ0v) is 16.6. The smallest absolute Gasteiger partial charge is 0.123 e. The molecule has 1 fully saturated rings. The molecule has 1 aromatic heterocycles. The van der Waals surface area contributed by atoms with Crippen LogP contribution in [-0.4, -0.2) is 41.7 Å². The second kappa shape index (κ2) is 8.68. The molecule has 3 aromatic rings. The van der Waals surface area contributed by atoms with Crippen LogP contribution in [0.1, 0.15) is 22.9 Å². The third-order valence-corrected chi connectivity index (χ3v) is 5.09. The number of morpholine rings is 1. The van der Waals surface area contributed by atoms with Gasteiger partial charge in [0.2, 0.25) is 0 Å². The Morgan fingerprint density at radius 2 is 2.10 bits per heavy atom. The number of benzene rings is 2. The Bertz CT molecular complexity index is 995. The molecule has 150 valence electrons. The second-order valence-electron chi connectivity index (χ2n) is 7.25. The van der Waals surface area contributed by atoms with Crippen LogP contribution >= 0.6 is 0 Å². The number of ether oxygens (including phenoxy) is 2. The molecule has 0 unspecified atom stereocenters. The van der Waals surface area contributed by atoms with Crippen LogP contribution in [0.15, 0.2) is 54.9 Å². The normalized spacial score (nSPS) is 17.3. The van der Waals surface area contributed by atoms with Gasteiger partial charge in [0.1, 0.15) is 17.7 Å². The number of halogens is 1. The summed E-state index contributed by atoms with van der Waals surface area (Å²) >= 11 is 0. The van der Waals surface area contributed by atoms with Gasteiger partial charge in [-0.25, -0.2) is 9.37 Å². The van der Waals surface area contributed by atoms with Crippen LogP contribution in [0.2, 0.25) is 0 Å². The highest BCUT2D eigenvalue weighted by Crippen LogP contribution is 2.27. The number of methoxy groups -OCH3 is 1. The van der Waals surface area contributed by atoms with Crippen LogP contribution in [0.4, 0.5) is 4.39 Å². The Kier molecular flexibility index (Phi) is 5.83. The number of aromatic nitrogens is 2. The van der Waals surface area contributed by atoms with Gasteiger partial charge in [-0.3, -0.25) is 9.88 Å². The van der Waals surface area contributed by atoms with E-state index in [0.29, 0.717) is 24.4 Å². The van der Waals surface area contributed by atoms with Crippen LogP contribution in [0.25, 0.3) is 11.3 Å². The summed E-state index contributed by atoms with van der Waals surface area (Å²) in [6.07, 6.45) is 3.20. The Morgan fingerprint density at radius 1 is 1.21 bits per heavy atom. The fourth-order valence-electron chi connectivity index (χ4n) is 3.57. The minimum atomic E-state index is -0.290. The lowest BCUT2D eigenvalue weighted by Crippen LogP contribution is -2.38. The lowest BCUT2D eigenvalue weighted by atomic mass is 10.1. The minimum Gasteiger partial charge on any atom is -0.496 e. The molecule has 1 atom stereocenters. The maximum Gasteiger partial charge on any atom is 0.123 e. The van der Waals surface area contributed by atoms with Crippen molar-refractivity contribution >= 4 is 0 Å². The Morgan fingerprint density at radius 3 is 2.93 bits per heavy atom. The SMILES string of the molecule is COc1cc(C)ccc1CN1CCO[C@@H](c2cncc(-c3cccc(F)c3)n2)C1. The van der Waals surface area contributed by atoms with E-state index >= 15 is 0 Å². The number of hydrogen-bond donors (Lipinski definition) is 0. The number of hydrogen-bond acceptors (Lipinski definition) is 5. The Balaban J connectivity index is 1.51. The van der Waals surface area contributed by atoms with Gasteiger partial charge in [-0.2, -0.15) is 0 Å². The molecule has 0 bridgehead atoms. The van der Waals surface area contributed by atoms with Crippen molar-refractivity contribution in [1.82, 2.24) is 14.9 Å². The molecule has 2 heterocycles. The van der Waals surface area contributed by atoms with Gasteiger partial charge in [0.15, 0.2) is 0 Å². The summed E-state index contributed by atoms with van der Waals surface area (Å²) in [6.45, 7) is 5.00. The van der Waals surface area contributed by atoms with E-state index in [4.69, 9.17) is 9.47 Å². The molecule has 5 nitrogen and oxygen atoms in total. The summed E-state index contributed by atoms with van der Waals surface area (Å²) in [5.74, 6) is 0.614. The summed E-state index contributed by atoms with van der Waals surface area (Å²) in [5.41, 5.74) is 4.43. The summed E-state index contributed by atoms with van der Waals surface area (Å²) in [6, 6.07) is 12.7. The predicted octanol–water partition coefficient (Wildman–Crippen LogP) is 4.17. The summed E-state index contributed by atoms with van der Waals surface area (Å²) in [5, 5.41) is 0. The van der Waals surface area contributed by atoms with E-state index in [-0.39, 0.29) is 11.9 Å². The lowest BCUT2D eigenvalue weighted by Gasteiger charge is -2.33. The van der Waals surface area contributed by atoms with Crippen molar-refractivity contribution < 1.29 is 13.9 Å². The Hall–Kier alpha value is -2.83. The molecular weight excluding hydrogens is 369 g/mol. The van der Waals surface area contributed by atoms with E-state index in [1.54, 1.807) is 25.6 Å². The summed E-state index contributed by atoms with van der Waals surface area (Å²) < 4.78 is 25.1. The molecule has 0 saturated carbocycles. The van der Waals surface area contributed by atoms with Gasteiger partial charge >= 0.3 is 0 Å². The van der Waals surface area contributed by atoms with Gasteiger partial charge in [-0.15, -0.1) is 0 Å². The van der Waals surface area contributed by atoms with Crippen LogP contribution in [0.3, 0.4) is 0 Å². The summed E-state index contributed by atoms with van der Waals surface area (Å²) in [7, 11) is 1.70. The predicted molar refractivity (Wildman–Crippen MR) is 109 cm³/mol. The van der Waals surface area contributed by atoms with Crippen molar-refractivity contribution in [2.24, 2.45) is 0 Å². The molecule has 0 spiro atoms. The first-order valence-corrected chi connectivity index (χ1v) is 9.68. The average Bonchev–Trinajstić information content (AvgIpc) is 2.75. The number of rotatable bonds is 5. The molecule has 0 radical (unpaired) electrons. The zero-order valence-electron chi connectivity index (χ0n) is 16.6. The molecule has 1 aliphatic heterocycles. The maximum atomic E-state index is 13.6. The van der Waals surface area contributed by atoms with E-state index < -0.39 is 0 Å². The van der Waals surface area contributed by atoms with Crippen LogP contribution in [-0.2, 0) is 11.3 Å². The zero-order chi connectivity index (χ0) is 20.2. The highest BCUT2D eigenvalue weighted by atomic mass is 19.1. The molecule has 0 aliphatic carbocycles. The number of aryl methyl sites for hydroxylation is 1. The van der Waals surface area contributed by atoms with Crippen LogP contribution < -0.4 is 4.74 Å². The number of nitrogens with zero attached hydrogens (tertiary/aromatic N) is 3. The average molecular weight is 393 g/mol. The van der Waals surface area contributed by atoms with Crippen molar-refractivity contribution in [3.05, 3.63) is 77.5 Å². The van der Waals surface area contributed by atoms with Crippen molar-refractivity contribution in [1.29, 1.82) is 0 Å². The fourth-order valence-corrected chi connectivity index (χ4v) is 3.57. The first-order chi connectivity index (χ1) is 14.1. The molecule has 6 heteroatoms.